The molecule has 2 rings (SSSR count). The van der Waals surface area contributed by atoms with Gasteiger partial charge in [-0.1, -0.05) is 11.6 Å². The second-order valence-electron chi connectivity index (χ2n) is 5.22. The molecule has 1 fully saturated rings. The van der Waals surface area contributed by atoms with Gasteiger partial charge in [0.15, 0.2) is 0 Å². The van der Waals surface area contributed by atoms with Gasteiger partial charge in [-0.25, -0.2) is 0 Å². The van der Waals surface area contributed by atoms with Crippen LogP contribution in [0.1, 0.15) is 19.8 Å². The maximum Gasteiger partial charge on any atom is 0.238 e. The van der Waals surface area contributed by atoms with Crippen molar-refractivity contribution in [3.63, 3.8) is 0 Å². The molecule has 21 heavy (non-hydrogen) atoms. The van der Waals surface area contributed by atoms with Crippen molar-refractivity contribution in [3.8, 4) is 0 Å². The number of rotatable bonds is 5. The number of amides is 1. The average molecular weight is 312 g/mol. The first-order chi connectivity index (χ1) is 10.1. The van der Waals surface area contributed by atoms with Crippen LogP contribution in [0.5, 0.6) is 0 Å². The van der Waals surface area contributed by atoms with Gasteiger partial charge in [0.2, 0.25) is 5.91 Å². The lowest BCUT2D eigenvalue weighted by Gasteiger charge is -2.31. The zero-order valence-corrected chi connectivity index (χ0v) is 13.0. The van der Waals surface area contributed by atoms with Gasteiger partial charge in [-0.2, -0.15) is 0 Å². The Labute approximate surface area is 130 Å². The minimum atomic E-state index is -0.0588. The number of carbonyl (C=O) groups excluding carboxylic acids is 1. The molecule has 1 aromatic carbocycles. The summed E-state index contributed by atoms with van der Waals surface area (Å²) in [6.45, 7) is 4.90. The first-order valence-electron chi connectivity index (χ1n) is 7.27. The number of anilines is 2. The molecule has 0 unspecified atom stereocenters. The number of halogens is 1. The van der Waals surface area contributed by atoms with Crippen molar-refractivity contribution in [2.24, 2.45) is 0 Å². The van der Waals surface area contributed by atoms with Crippen LogP contribution in [0.25, 0.3) is 0 Å². The SMILES string of the molecule is CCOC1CCN(CC(=O)Nc2ccc(N)cc2Cl)CC1. The summed E-state index contributed by atoms with van der Waals surface area (Å²) in [5.74, 6) is -0.0588. The average Bonchev–Trinajstić information content (AvgIpc) is 2.44. The number of nitrogens with zero attached hydrogens (tertiary/aromatic N) is 1. The highest BCUT2D eigenvalue weighted by Gasteiger charge is 2.21. The van der Waals surface area contributed by atoms with Crippen LogP contribution < -0.4 is 11.1 Å². The van der Waals surface area contributed by atoms with Crippen molar-refractivity contribution in [1.82, 2.24) is 4.90 Å². The number of carbonyl (C=O) groups is 1. The van der Waals surface area contributed by atoms with E-state index in [4.69, 9.17) is 22.1 Å². The third-order valence-electron chi connectivity index (χ3n) is 3.57. The van der Waals surface area contributed by atoms with Crippen LogP contribution in [0.4, 0.5) is 11.4 Å². The van der Waals surface area contributed by atoms with E-state index in [1.165, 1.54) is 0 Å². The van der Waals surface area contributed by atoms with E-state index in [0.717, 1.165) is 32.5 Å². The number of benzene rings is 1. The molecule has 1 aromatic rings. The van der Waals surface area contributed by atoms with Crippen LogP contribution >= 0.6 is 11.6 Å². The quantitative estimate of drug-likeness (QED) is 0.819. The molecule has 0 radical (unpaired) electrons. The molecule has 0 aromatic heterocycles. The number of nitrogens with two attached hydrogens (primary N) is 1. The van der Waals surface area contributed by atoms with Crippen molar-refractivity contribution in [3.05, 3.63) is 23.2 Å². The molecule has 3 N–H and O–H groups in total. The number of nitrogens with one attached hydrogen (secondary N) is 1. The highest BCUT2D eigenvalue weighted by molar-refractivity contribution is 6.34. The Bertz CT molecular complexity index is 488. The molecule has 0 spiro atoms. The molecule has 1 aliphatic heterocycles. The molecule has 5 nitrogen and oxygen atoms in total. The zero-order valence-electron chi connectivity index (χ0n) is 12.3. The summed E-state index contributed by atoms with van der Waals surface area (Å²) in [5, 5.41) is 3.28. The lowest BCUT2D eigenvalue weighted by Crippen LogP contribution is -2.41. The molecule has 6 heteroatoms. The fourth-order valence-corrected chi connectivity index (χ4v) is 2.73. The van der Waals surface area contributed by atoms with Gasteiger partial charge in [0.05, 0.1) is 23.4 Å². The van der Waals surface area contributed by atoms with Gasteiger partial charge in [0.25, 0.3) is 0 Å². The van der Waals surface area contributed by atoms with Gasteiger partial charge >= 0.3 is 0 Å². The molecule has 0 bridgehead atoms. The number of hydrogen-bond donors (Lipinski definition) is 2. The van der Waals surface area contributed by atoms with Crippen molar-refractivity contribution in [1.29, 1.82) is 0 Å². The summed E-state index contributed by atoms with van der Waals surface area (Å²) in [6.07, 6.45) is 2.29. The molecule has 1 saturated heterocycles. The second kappa shape index (κ2) is 7.64. The minimum absolute atomic E-state index is 0.0588. The van der Waals surface area contributed by atoms with E-state index >= 15 is 0 Å². The number of likely N-dealkylation sites (tertiary alicyclic amines) is 1. The lowest BCUT2D eigenvalue weighted by atomic mass is 10.1. The molecule has 1 amide bonds. The first kappa shape index (κ1) is 16.1. The Kier molecular flexibility index (Phi) is 5.85. The molecule has 0 saturated carbocycles. The minimum Gasteiger partial charge on any atom is -0.399 e. The standard InChI is InChI=1S/C15H22ClN3O2/c1-2-21-12-5-7-19(8-6-12)10-15(20)18-14-4-3-11(17)9-13(14)16/h3-4,9,12H,2,5-8,10,17H2,1H3,(H,18,20). The highest BCUT2D eigenvalue weighted by atomic mass is 35.5. The van der Waals surface area contributed by atoms with E-state index < -0.39 is 0 Å². The topological polar surface area (TPSA) is 67.6 Å². The second-order valence-corrected chi connectivity index (χ2v) is 5.63. The Morgan fingerprint density at radius 2 is 2.19 bits per heavy atom. The van der Waals surface area contributed by atoms with E-state index in [2.05, 4.69) is 10.2 Å². The van der Waals surface area contributed by atoms with Crippen LogP contribution in [-0.2, 0) is 9.53 Å². The Balaban J connectivity index is 1.80. The van der Waals surface area contributed by atoms with Crippen LogP contribution in [-0.4, -0.2) is 43.2 Å². The van der Waals surface area contributed by atoms with E-state index in [1.807, 2.05) is 6.92 Å². The third kappa shape index (κ3) is 4.88. The molecular formula is C15H22ClN3O2. The Morgan fingerprint density at radius 3 is 2.81 bits per heavy atom. The van der Waals surface area contributed by atoms with Crippen LogP contribution in [0.15, 0.2) is 18.2 Å². The largest absolute Gasteiger partial charge is 0.399 e. The summed E-state index contributed by atoms with van der Waals surface area (Å²) in [4.78, 5) is 14.2. The lowest BCUT2D eigenvalue weighted by molar-refractivity contribution is -0.118. The maximum absolute atomic E-state index is 12.1. The predicted octanol–water partition coefficient (Wildman–Crippen LogP) is 2.36. The van der Waals surface area contributed by atoms with E-state index in [0.29, 0.717) is 29.0 Å². The van der Waals surface area contributed by atoms with Gasteiger partial charge in [-0.05, 0) is 38.0 Å². The van der Waals surface area contributed by atoms with Gasteiger partial charge in [-0.3, -0.25) is 9.69 Å². The summed E-state index contributed by atoms with van der Waals surface area (Å²) < 4.78 is 5.60. The van der Waals surface area contributed by atoms with Crippen molar-refractivity contribution in [2.75, 3.05) is 37.3 Å². The summed E-state index contributed by atoms with van der Waals surface area (Å²) >= 11 is 6.05. The van der Waals surface area contributed by atoms with Crippen LogP contribution in [0.3, 0.4) is 0 Å². The number of ether oxygens (including phenoxy) is 1. The maximum atomic E-state index is 12.1. The summed E-state index contributed by atoms with van der Waals surface area (Å²) in [7, 11) is 0. The fraction of sp³-hybridized carbons (Fsp3) is 0.533. The monoisotopic (exact) mass is 311 g/mol. The van der Waals surface area contributed by atoms with Gasteiger partial charge in [0.1, 0.15) is 0 Å². The van der Waals surface area contributed by atoms with Crippen LogP contribution in [0, 0.1) is 0 Å². The highest BCUT2D eigenvalue weighted by Crippen LogP contribution is 2.24. The van der Waals surface area contributed by atoms with E-state index in [-0.39, 0.29) is 5.91 Å². The fourth-order valence-electron chi connectivity index (χ4n) is 2.50. The molecule has 1 heterocycles. The number of nitrogen functional groups attached to an aromatic ring is 1. The number of piperidine rings is 1. The first-order valence-corrected chi connectivity index (χ1v) is 7.65. The molecule has 1 aliphatic rings. The predicted molar refractivity (Wildman–Crippen MR) is 85.6 cm³/mol. The van der Waals surface area contributed by atoms with Gasteiger partial charge < -0.3 is 15.8 Å². The smallest absolute Gasteiger partial charge is 0.238 e. The summed E-state index contributed by atoms with van der Waals surface area (Å²) in [6, 6.07) is 5.07. The van der Waals surface area contributed by atoms with Gasteiger partial charge in [-0.15, -0.1) is 0 Å². The summed E-state index contributed by atoms with van der Waals surface area (Å²) in [5.41, 5.74) is 6.81. The van der Waals surface area contributed by atoms with Crippen molar-refractivity contribution >= 4 is 28.9 Å². The third-order valence-corrected chi connectivity index (χ3v) is 3.88. The van der Waals surface area contributed by atoms with Crippen molar-refractivity contribution < 1.29 is 9.53 Å². The molecule has 0 atom stereocenters. The Morgan fingerprint density at radius 1 is 1.48 bits per heavy atom. The van der Waals surface area contributed by atoms with Crippen LogP contribution in [0.2, 0.25) is 5.02 Å². The van der Waals surface area contributed by atoms with E-state index in [9.17, 15) is 4.79 Å². The molecule has 0 aliphatic carbocycles. The van der Waals surface area contributed by atoms with E-state index in [1.54, 1.807) is 18.2 Å². The molecule has 116 valence electrons. The molecular weight excluding hydrogens is 290 g/mol. The Hall–Kier alpha value is -1.30. The zero-order chi connectivity index (χ0) is 15.2. The number of hydrogen-bond acceptors (Lipinski definition) is 4. The van der Waals surface area contributed by atoms with Crippen molar-refractivity contribution in [2.45, 2.75) is 25.9 Å². The van der Waals surface area contributed by atoms with Gasteiger partial charge in [0, 0.05) is 25.4 Å². The normalized spacial score (nSPS) is 16.9.